The molecule has 2 aromatic carbocycles. The summed E-state index contributed by atoms with van der Waals surface area (Å²) < 4.78 is 1.95. The molecule has 6 heteroatoms. The standard InChI is InChI=1S/C23H30ClN5/c1-17(2)21(22-25-26-27-29(22)23(3,4)5)28(15-18-11-7-6-8-12-18)16-19-13-9-10-14-20(19)24/h6-14,17,21H,15-16H2,1-5H3/t21-/m0/s1. The summed E-state index contributed by atoms with van der Waals surface area (Å²) in [5.41, 5.74) is 2.15. The van der Waals surface area contributed by atoms with Crippen molar-refractivity contribution >= 4 is 11.6 Å². The normalized spacial score (nSPS) is 13.2. The van der Waals surface area contributed by atoms with Crippen LogP contribution in [0.15, 0.2) is 54.6 Å². The van der Waals surface area contributed by atoms with E-state index in [4.69, 9.17) is 11.6 Å². The lowest BCUT2D eigenvalue weighted by Gasteiger charge is -2.35. The van der Waals surface area contributed by atoms with E-state index in [0.29, 0.717) is 12.5 Å². The molecular weight excluding hydrogens is 382 g/mol. The first-order valence-electron chi connectivity index (χ1n) is 10.1. The van der Waals surface area contributed by atoms with E-state index in [9.17, 15) is 0 Å². The molecule has 0 spiro atoms. The van der Waals surface area contributed by atoms with Crippen LogP contribution in [0.3, 0.4) is 0 Å². The van der Waals surface area contributed by atoms with Gasteiger partial charge in [-0.15, -0.1) is 5.10 Å². The number of rotatable bonds is 7. The van der Waals surface area contributed by atoms with Gasteiger partial charge in [-0.25, -0.2) is 4.68 Å². The summed E-state index contributed by atoms with van der Waals surface area (Å²) in [7, 11) is 0. The predicted octanol–water partition coefficient (Wildman–Crippen LogP) is 5.48. The van der Waals surface area contributed by atoms with Crippen LogP contribution in [0, 0.1) is 5.92 Å². The minimum absolute atomic E-state index is 0.0423. The molecule has 5 nitrogen and oxygen atoms in total. The minimum atomic E-state index is -0.200. The second-order valence-electron chi connectivity index (χ2n) is 8.79. The Hall–Kier alpha value is -2.24. The zero-order valence-corrected chi connectivity index (χ0v) is 18.6. The van der Waals surface area contributed by atoms with E-state index in [-0.39, 0.29) is 11.6 Å². The average molecular weight is 412 g/mol. The molecule has 1 heterocycles. The zero-order valence-electron chi connectivity index (χ0n) is 17.9. The average Bonchev–Trinajstić information content (AvgIpc) is 3.14. The first-order chi connectivity index (χ1) is 13.8. The second-order valence-corrected chi connectivity index (χ2v) is 9.20. The number of hydrogen-bond acceptors (Lipinski definition) is 4. The topological polar surface area (TPSA) is 46.8 Å². The van der Waals surface area contributed by atoms with Crippen molar-refractivity contribution in [3.63, 3.8) is 0 Å². The van der Waals surface area contributed by atoms with Crippen molar-refractivity contribution in [2.75, 3.05) is 0 Å². The summed E-state index contributed by atoms with van der Waals surface area (Å²) >= 11 is 6.51. The number of hydrogen-bond donors (Lipinski definition) is 0. The Morgan fingerprint density at radius 3 is 2.24 bits per heavy atom. The number of benzene rings is 2. The van der Waals surface area contributed by atoms with E-state index in [2.05, 4.69) is 85.4 Å². The molecule has 0 saturated carbocycles. The van der Waals surface area contributed by atoms with Crippen LogP contribution >= 0.6 is 11.6 Å². The quantitative estimate of drug-likeness (QED) is 0.516. The maximum atomic E-state index is 6.51. The van der Waals surface area contributed by atoms with E-state index in [1.54, 1.807) is 0 Å². The Morgan fingerprint density at radius 2 is 1.62 bits per heavy atom. The monoisotopic (exact) mass is 411 g/mol. The highest BCUT2D eigenvalue weighted by Crippen LogP contribution is 2.33. The first-order valence-corrected chi connectivity index (χ1v) is 10.5. The van der Waals surface area contributed by atoms with Crippen LogP contribution in [0.1, 0.15) is 57.6 Å². The summed E-state index contributed by atoms with van der Waals surface area (Å²) in [5.74, 6) is 1.20. The Kier molecular flexibility index (Phi) is 6.70. The van der Waals surface area contributed by atoms with Crippen LogP contribution in [0.4, 0.5) is 0 Å². The van der Waals surface area contributed by atoms with Gasteiger partial charge in [0.25, 0.3) is 0 Å². The van der Waals surface area contributed by atoms with Crippen LogP contribution in [0.2, 0.25) is 5.02 Å². The lowest BCUT2D eigenvalue weighted by Crippen LogP contribution is -2.36. The van der Waals surface area contributed by atoms with Crippen molar-refractivity contribution in [2.24, 2.45) is 5.92 Å². The summed E-state index contributed by atoms with van der Waals surface area (Å²) in [6.07, 6.45) is 0. The van der Waals surface area contributed by atoms with Gasteiger partial charge in [0.15, 0.2) is 5.82 Å². The smallest absolute Gasteiger partial charge is 0.169 e. The third kappa shape index (κ3) is 5.22. The van der Waals surface area contributed by atoms with Crippen LogP contribution < -0.4 is 0 Å². The lowest BCUT2D eigenvalue weighted by atomic mass is 9.98. The third-order valence-electron chi connectivity index (χ3n) is 4.98. The summed E-state index contributed by atoms with van der Waals surface area (Å²) in [5, 5.41) is 13.6. The van der Waals surface area contributed by atoms with E-state index < -0.39 is 0 Å². The van der Waals surface area contributed by atoms with Gasteiger partial charge in [0.1, 0.15) is 0 Å². The van der Waals surface area contributed by atoms with E-state index in [0.717, 1.165) is 23.0 Å². The van der Waals surface area contributed by atoms with Crippen LogP contribution in [-0.2, 0) is 18.6 Å². The zero-order chi connectivity index (χ0) is 21.0. The van der Waals surface area contributed by atoms with Crippen LogP contribution in [-0.4, -0.2) is 25.1 Å². The SMILES string of the molecule is CC(C)[C@@H](c1nnnn1C(C)(C)C)N(Cc1ccccc1)Cc1ccccc1Cl. The highest BCUT2D eigenvalue weighted by molar-refractivity contribution is 6.31. The van der Waals surface area contributed by atoms with Crippen molar-refractivity contribution in [3.8, 4) is 0 Å². The fourth-order valence-electron chi connectivity index (χ4n) is 3.66. The Bertz CT molecular complexity index is 914. The van der Waals surface area contributed by atoms with Gasteiger partial charge in [0.05, 0.1) is 11.6 Å². The van der Waals surface area contributed by atoms with Crippen molar-refractivity contribution in [1.82, 2.24) is 25.1 Å². The van der Waals surface area contributed by atoms with Crippen LogP contribution in [0.25, 0.3) is 0 Å². The molecule has 1 atom stereocenters. The van der Waals surface area contributed by atoms with Gasteiger partial charge in [-0.3, -0.25) is 4.90 Å². The first kappa shape index (κ1) is 21.5. The fraction of sp³-hybridized carbons (Fsp3) is 0.435. The van der Waals surface area contributed by atoms with Crippen molar-refractivity contribution in [3.05, 3.63) is 76.6 Å². The van der Waals surface area contributed by atoms with Gasteiger partial charge in [-0.2, -0.15) is 0 Å². The summed E-state index contributed by atoms with van der Waals surface area (Å²) in [4.78, 5) is 2.43. The number of halogens is 1. The highest BCUT2D eigenvalue weighted by atomic mass is 35.5. The number of aromatic nitrogens is 4. The molecule has 0 saturated heterocycles. The van der Waals surface area contributed by atoms with Gasteiger partial charge in [-0.1, -0.05) is 74.0 Å². The van der Waals surface area contributed by atoms with Gasteiger partial charge in [-0.05, 0) is 54.3 Å². The molecule has 0 N–H and O–H groups in total. The molecule has 0 radical (unpaired) electrons. The Labute approximate surface area is 178 Å². The van der Waals surface area contributed by atoms with Crippen molar-refractivity contribution in [1.29, 1.82) is 0 Å². The number of tetrazole rings is 1. The molecular formula is C23H30ClN5. The maximum Gasteiger partial charge on any atom is 0.169 e. The lowest BCUT2D eigenvalue weighted by molar-refractivity contribution is 0.120. The Balaban J connectivity index is 2.04. The molecule has 29 heavy (non-hydrogen) atoms. The van der Waals surface area contributed by atoms with Crippen molar-refractivity contribution in [2.45, 2.75) is 59.3 Å². The largest absolute Gasteiger partial charge is 0.284 e. The summed E-state index contributed by atoms with van der Waals surface area (Å²) in [6.45, 7) is 12.3. The molecule has 0 unspecified atom stereocenters. The third-order valence-corrected chi connectivity index (χ3v) is 5.35. The molecule has 3 aromatic rings. The predicted molar refractivity (Wildman–Crippen MR) is 118 cm³/mol. The Morgan fingerprint density at radius 1 is 0.966 bits per heavy atom. The van der Waals surface area contributed by atoms with Gasteiger partial charge >= 0.3 is 0 Å². The van der Waals surface area contributed by atoms with E-state index >= 15 is 0 Å². The minimum Gasteiger partial charge on any atom is -0.284 e. The molecule has 0 amide bonds. The highest BCUT2D eigenvalue weighted by Gasteiger charge is 2.32. The molecule has 1 aromatic heterocycles. The molecule has 0 aliphatic heterocycles. The fourth-order valence-corrected chi connectivity index (χ4v) is 3.85. The molecule has 0 bridgehead atoms. The molecule has 154 valence electrons. The molecule has 0 fully saturated rings. The number of nitrogens with zero attached hydrogens (tertiary/aromatic N) is 5. The second kappa shape index (κ2) is 9.06. The van der Waals surface area contributed by atoms with E-state index in [1.807, 2.05) is 28.9 Å². The maximum absolute atomic E-state index is 6.51. The summed E-state index contributed by atoms with van der Waals surface area (Å²) in [6, 6.07) is 18.6. The molecule has 0 aliphatic rings. The van der Waals surface area contributed by atoms with Gasteiger partial charge in [0.2, 0.25) is 0 Å². The molecule has 3 rings (SSSR count). The van der Waals surface area contributed by atoms with Crippen LogP contribution in [0.5, 0.6) is 0 Å². The van der Waals surface area contributed by atoms with Gasteiger partial charge < -0.3 is 0 Å². The van der Waals surface area contributed by atoms with E-state index in [1.165, 1.54) is 5.56 Å². The van der Waals surface area contributed by atoms with Crippen molar-refractivity contribution < 1.29 is 0 Å². The van der Waals surface area contributed by atoms with Gasteiger partial charge in [0, 0.05) is 18.1 Å². The molecule has 0 aliphatic carbocycles.